The van der Waals surface area contributed by atoms with Crippen LogP contribution in [0.1, 0.15) is 70.9 Å². The van der Waals surface area contributed by atoms with Crippen molar-refractivity contribution in [1.29, 1.82) is 0 Å². The van der Waals surface area contributed by atoms with Crippen LogP contribution in [-0.2, 0) is 14.3 Å². The molecule has 1 aromatic rings. The van der Waals surface area contributed by atoms with Crippen LogP contribution in [0.5, 0.6) is 5.75 Å². The van der Waals surface area contributed by atoms with E-state index in [2.05, 4.69) is 27.8 Å². The highest BCUT2D eigenvalue weighted by atomic mass is 32.2. The molecule has 2 fully saturated rings. The van der Waals surface area contributed by atoms with Crippen LogP contribution >= 0.6 is 11.8 Å². The summed E-state index contributed by atoms with van der Waals surface area (Å²) in [7, 11) is 1.62. The summed E-state index contributed by atoms with van der Waals surface area (Å²) >= 11 is 2.01. The highest BCUT2D eigenvalue weighted by Gasteiger charge is 2.40. The van der Waals surface area contributed by atoms with Gasteiger partial charge in [0.05, 0.1) is 42.8 Å². The van der Waals surface area contributed by atoms with Gasteiger partial charge in [-0.15, -0.1) is 0 Å². The number of fused-ring (bicyclic) bond motifs is 1. The number of methoxy groups -OCH3 is 1. The Morgan fingerprint density at radius 1 is 1.20 bits per heavy atom. The van der Waals surface area contributed by atoms with E-state index in [1.54, 1.807) is 13.2 Å². The highest BCUT2D eigenvalue weighted by Crippen LogP contribution is 2.34. The zero-order valence-electron chi connectivity index (χ0n) is 25.0. The standard InChI is InChI=1S/C31H48N4O4S/c1-21-12-13-23(25(18-21)38-7)14-15-27(36)32-17-16-31(5,6)39-20-30(3,4)35-28(37)11-9-8-10-26-29-24(19-40-26)33-22(2)34-29/h12-15,18,24,26,29,33-34H,2,8-11,16-17,19-20H2,1,3-7H3,(H,32,36)(H,35,37)/b15-14+/t24-,26?,29-/m0/s1. The molecule has 2 amide bonds. The number of ether oxygens (including phenoxy) is 2. The van der Waals surface area contributed by atoms with Crippen LogP contribution in [0.3, 0.4) is 0 Å². The molecule has 0 spiro atoms. The van der Waals surface area contributed by atoms with Crippen molar-refractivity contribution < 1.29 is 19.1 Å². The molecule has 9 heteroatoms. The van der Waals surface area contributed by atoms with Gasteiger partial charge in [0.25, 0.3) is 0 Å². The summed E-state index contributed by atoms with van der Waals surface area (Å²) in [6.07, 6.45) is 7.45. The van der Waals surface area contributed by atoms with Crippen molar-refractivity contribution in [2.45, 2.75) is 95.2 Å². The molecule has 2 aliphatic heterocycles. The predicted molar refractivity (Wildman–Crippen MR) is 164 cm³/mol. The van der Waals surface area contributed by atoms with Gasteiger partial charge in [-0.05, 0) is 71.6 Å². The summed E-state index contributed by atoms with van der Waals surface area (Å²) in [4.78, 5) is 24.9. The minimum atomic E-state index is -0.484. The van der Waals surface area contributed by atoms with Gasteiger partial charge in [0.2, 0.25) is 11.8 Å². The third-order valence-electron chi connectivity index (χ3n) is 7.30. The largest absolute Gasteiger partial charge is 0.496 e. The molecule has 4 N–H and O–H groups in total. The van der Waals surface area contributed by atoms with Crippen LogP contribution in [0.25, 0.3) is 6.08 Å². The van der Waals surface area contributed by atoms with Crippen molar-refractivity contribution in [2.75, 3.05) is 26.0 Å². The molecule has 0 saturated carbocycles. The third-order valence-corrected chi connectivity index (χ3v) is 8.81. The van der Waals surface area contributed by atoms with Gasteiger partial charge in [0, 0.05) is 35.6 Å². The molecule has 0 bridgehead atoms. The van der Waals surface area contributed by atoms with E-state index in [0.717, 1.165) is 47.7 Å². The van der Waals surface area contributed by atoms with E-state index >= 15 is 0 Å². The first-order chi connectivity index (χ1) is 18.9. The number of rotatable bonds is 15. The maximum atomic E-state index is 12.6. The molecule has 40 heavy (non-hydrogen) atoms. The lowest BCUT2D eigenvalue weighted by Gasteiger charge is -2.32. The number of hydrogen-bond donors (Lipinski definition) is 4. The first-order valence-corrected chi connectivity index (χ1v) is 15.3. The molecule has 0 aromatic heterocycles. The molecule has 3 rings (SSSR count). The zero-order valence-corrected chi connectivity index (χ0v) is 25.8. The second-order valence-electron chi connectivity index (χ2n) is 12.1. The maximum absolute atomic E-state index is 12.6. The maximum Gasteiger partial charge on any atom is 0.244 e. The van der Waals surface area contributed by atoms with Crippen LogP contribution in [0.15, 0.2) is 36.7 Å². The van der Waals surface area contributed by atoms with Gasteiger partial charge in [-0.25, -0.2) is 0 Å². The first kappa shape index (κ1) is 31.9. The van der Waals surface area contributed by atoms with E-state index in [-0.39, 0.29) is 11.8 Å². The van der Waals surface area contributed by atoms with Crippen LogP contribution < -0.4 is 26.0 Å². The average Bonchev–Trinajstić information content (AvgIpc) is 3.43. The minimum Gasteiger partial charge on any atom is -0.496 e. The molecule has 3 atom stereocenters. The van der Waals surface area contributed by atoms with Crippen molar-refractivity contribution in [1.82, 2.24) is 21.3 Å². The molecule has 2 saturated heterocycles. The fraction of sp³-hybridized carbons (Fsp3) is 0.613. The van der Waals surface area contributed by atoms with Crippen molar-refractivity contribution in [3.05, 3.63) is 47.8 Å². The average molecular weight is 573 g/mol. The molecule has 0 radical (unpaired) electrons. The van der Waals surface area contributed by atoms with Gasteiger partial charge in [-0.2, -0.15) is 11.8 Å². The Morgan fingerprint density at radius 3 is 2.73 bits per heavy atom. The Bertz CT molecular complexity index is 1070. The van der Waals surface area contributed by atoms with Crippen molar-refractivity contribution in [2.24, 2.45) is 0 Å². The van der Waals surface area contributed by atoms with Crippen molar-refractivity contribution in [3.63, 3.8) is 0 Å². The quantitative estimate of drug-likeness (QED) is 0.184. The Morgan fingerprint density at radius 2 is 1.98 bits per heavy atom. The topological polar surface area (TPSA) is 101 Å². The van der Waals surface area contributed by atoms with Gasteiger partial charge in [-0.1, -0.05) is 25.1 Å². The fourth-order valence-electron chi connectivity index (χ4n) is 4.97. The smallest absolute Gasteiger partial charge is 0.244 e. The number of benzene rings is 1. The third kappa shape index (κ3) is 10.1. The molecule has 2 aliphatic rings. The van der Waals surface area contributed by atoms with Crippen LogP contribution in [0.4, 0.5) is 0 Å². The molecule has 8 nitrogen and oxygen atoms in total. The zero-order chi connectivity index (χ0) is 29.3. The summed E-state index contributed by atoms with van der Waals surface area (Å²) in [5.41, 5.74) is 1.02. The summed E-state index contributed by atoms with van der Waals surface area (Å²) in [6, 6.07) is 6.80. The number of aryl methyl sites for hydroxylation is 1. The van der Waals surface area contributed by atoms with Gasteiger partial charge < -0.3 is 30.7 Å². The molecule has 222 valence electrons. The number of carbonyl (C=O) groups is 2. The van der Waals surface area contributed by atoms with E-state index in [9.17, 15) is 9.59 Å². The number of carbonyl (C=O) groups excluding carboxylic acids is 2. The molecular formula is C31H48N4O4S. The van der Waals surface area contributed by atoms with E-state index in [4.69, 9.17) is 9.47 Å². The van der Waals surface area contributed by atoms with Crippen molar-refractivity contribution in [3.8, 4) is 5.75 Å². The monoisotopic (exact) mass is 572 g/mol. The van der Waals surface area contributed by atoms with Gasteiger partial charge in [-0.3, -0.25) is 9.59 Å². The lowest BCUT2D eigenvalue weighted by molar-refractivity contribution is -0.125. The lowest BCUT2D eigenvalue weighted by atomic mass is 10.0. The molecule has 1 unspecified atom stereocenters. The fourth-order valence-corrected chi connectivity index (χ4v) is 6.51. The number of unbranched alkanes of at least 4 members (excludes halogenated alkanes) is 1. The minimum absolute atomic E-state index is 0.0571. The summed E-state index contributed by atoms with van der Waals surface area (Å²) in [5, 5.41) is 13.5. The predicted octanol–water partition coefficient (Wildman–Crippen LogP) is 4.29. The SMILES string of the molecule is C=C1N[C@H]2CSC(CCCCC(=O)NC(C)(C)COC(C)(C)CCNC(=O)/C=C/c3ccc(C)cc3OC)[C@H]2N1. The molecule has 2 heterocycles. The second-order valence-corrected chi connectivity index (χ2v) is 13.4. The lowest BCUT2D eigenvalue weighted by Crippen LogP contribution is -2.49. The highest BCUT2D eigenvalue weighted by molar-refractivity contribution is 8.00. The molecular weight excluding hydrogens is 524 g/mol. The number of hydrogen-bond acceptors (Lipinski definition) is 7. The van der Waals surface area contributed by atoms with Gasteiger partial charge in [0.1, 0.15) is 5.75 Å². The Kier molecular flexibility index (Phi) is 11.4. The Labute approximate surface area is 244 Å². The summed E-state index contributed by atoms with van der Waals surface area (Å²) in [5.74, 6) is 2.67. The second kappa shape index (κ2) is 14.3. The first-order valence-electron chi connectivity index (χ1n) is 14.3. The number of nitrogens with one attached hydrogen (secondary N) is 4. The van der Waals surface area contributed by atoms with Crippen molar-refractivity contribution >= 4 is 29.7 Å². The Balaban J connectivity index is 1.30. The number of thioether (sulfide) groups is 1. The Hall–Kier alpha value is -2.65. The van der Waals surface area contributed by atoms with Crippen LogP contribution in [-0.4, -0.2) is 66.3 Å². The van der Waals surface area contributed by atoms with E-state index < -0.39 is 11.1 Å². The van der Waals surface area contributed by atoms with Gasteiger partial charge >= 0.3 is 0 Å². The van der Waals surface area contributed by atoms with Gasteiger partial charge in [0.15, 0.2) is 0 Å². The van der Waals surface area contributed by atoms with Crippen LogP contribution in [0, 0.1) is 6.92 Å². The number of amides is 2. The molecule has 0 aliphatic carbocycles. The van der Waals surface area contributed by atoms with E-state index in [1.165, 1.54) is 6.08 Å². The normalized spacial score (nSPS) is 20.6. The van der Waals surface area contributed by atoms with E-state index in [0.29, 0.717) is 43.3 Å². The summed E-state index contributed by atoms with van der Waals surface area (Å²) < 4.78 is 11.6. The summed E-state index contributed by atoms with van der Waals surface area (Å²) in [6.45, 7) is 14.8. The van der Waals surface area contributed by atoms with Crippen LogP contribution in [0.2, 0.25) is 0 Å². The van der Waals surface area contributed by atoms with E-state index in [1.807, 2.05) is 64.6 Å². The molecule has 1 aromatic carbocycles.